The van der Waals surface area contributed by atoms with Crippen LogP contribution in [-0.2, 0) is 11.3 Å². The zero-order chi connectivity index (χ0) is 16.5. The van der Waals surface area contributed by atoms with E-state index < -0.39 is 0 Å². The molecule has 0 radical (unpaired) electrons. The maximum atomic E-state index is 11.7. The van der Waals surface area contributed by atoms with Crippen LogP contribution in [0.4, 0.5) is 4.79 Å². The molecule has 1 aliphatic rings. The Morgan fingerprint density at radius 1 is 1.43 bits per heavy atom. The van der Waals surface area contributed by atoms with Crippen LogP contribution in [0.15, 0.2) is 23.5 Å². The Bertz CT molecular complexity index is 494. The number of ether oxygens (including phenoxy) is 1. The lowest BCUT2D eigenvalue weighted by atomic mass is 10.1. The van der Waals surface area contributed by atoms with E-state index in [1.54, 1.807) is 18.1 Å². The summed E-state index contributed by atoms with van der Waals surface area (Å²) in [6, 6.07) is 2.22. The highest BCUT2D eigenvalue weighted by Gasteiger charge is 2.23. The zero-order valence-corrected chi connectivity index (χ0v) is 13.9. The van der Waals surface area contributed by atoms with Crippen molar-refractivity contribution < 1.29 is 9.53 Å². The third-order valence-electron chi connectivity index (χ3n) is 3.78. The first-order valence-electron chi connectivity index (χ1n) is 8.09. The molecule has 23 heavy (non-hydrogen) atoms. The number of aromatic nitrogens is 2. The van der Waals surface area contributed by atoms with Crippen LogP contribution < -0.4 is 10.6 Å². The van der Waals surface area contributed by atoms with Crippen molar-refractivity contribution in [3.8, 4) is 0 Å². The molecule has 2 heterocycles. The smallest absolute Gasteiger partial charge is 0.409 e. The van der Waals surface area contributed by atoms with E-state index >= 15 is 0 Å². The highest BCUT2D eigenvalue weighted by Crippen LogP contribution is 2.11. The van der Waals surface area contributed by atoms with E-state index in [2.05, 4.69) is 20.7 Å². The zero-order valence-electron chi connectivity index (χ0n) is 13.9. The maximum absolute atomic E-state index is 11.7. The molecule has 1 aromatic rings. The first kappa shape index (κ1) is 17.1. The van der Waals surface area contributed by atoms with Crippen molar-refractivity contribution in [2.24, 2.45) is 4.99 Å². The van der Waals surface area contributed by atoms with E-state index in [-0.39, 0.29) is 6.09 Å². The Balaban J connectivity index is 1.68. The molecular weight excluding hydrogens is 296 g/mol. The molecule has 0 aliphatic carbocycles. The minimum atomic E-state index is -0.215. The molecule has 0 bridgehead atoms. The van der Waals surface area contributed by atoms with E-state index in [4.69, 9.17) is 4.74 Å². The number of hydrogen-bond donors (Lipinski definition) is 2. The molecule has 2 N–H and O–H groups in total. The summed E-state index contributed by atoms with van der Waals surface area (Å²) in [7, 11) is 1.76. The van der Waals surface area contributed by atoms with E-state index in [0.717, 1.165) is 31.9 Å². The average Bonchev–Trinajstić information content (AvgIpc) is 3.08. The van der Waals surface area contributed by atoms with Gasteiger partial charge >= 0.3 is 6.09 Å². The van der Waals surface area contributed by atoms with Crippen LogP contribution in [0, 0.1) is 0 Å². The van der Waals surface area contributed by atoms with Gasteiger partial charge in [0.2, 0.25) is 0 Å². The number of piperidine rings is 1. The number of guanidine groups is 1. The number of nitrogens with zero attached hydrogens (tertiary/aromatic N) is 4. The number of likely N-dealkylation sites (tertiary alicyclic amines) is 1. The normalized spacial score (nSPS) is 16.3. The summed E-state index contributed by atoms with van der Waals surface area (Å²) in [6.07, 6.45) is 5.26. The summed E-state index contributed by atoms with van der Waals surface area (Å²) in [4.78, 5) is 17.7. The van der Waals surface area contributed by atoms with Crippen molar-refractivity contribution in [3.05, 3.63) is 18.5 Å². The molecule has 0 saturated carbocycles. The SMILES string of the molecule is CCOC(=O)N1CCC(NC(=NC)NCCn2cccn2)CC1. The second-order valence-electron chi connectivity index (χ2n) is 5.37. The van der Waals surface area contributed by atoms with Crippen molar-refractivity contribution in [1.29, 1.82) is 0 Å². The van der Waals surface area contributed by atoms with Gasteiger partial charge < -0.3 is 20.3 Å². The van der Waals surface area contributed by atoms with Gasteiger partial charge in [-0.2, -0.15) is 5.10 Å². The number of rotatable bonds is 5. The quantitative estimate of drug-likeness (QED) is 0.615. The standard InChI is InChI=1S/C15H26N6O2/c1-3-23-15(22)20-10-5-13(6-11-20)19-14(16-2)17-8-12-21-9-4-7-18-21/h4,7,9,13H,3,5-6,8,10-12H2,1-2H3,(H2,16,17,19). The summed E-state index contributed by atoms with van der Waals surface area (Å²) in [5.41, 5.74) is 0. The lowest BCUT2D eigenvalue weighted by molar-refractivity contribution is 0.0963. The molecule has 0 aromatic carbocycles. The van der Waals surface area contributed by atoms with E-state index in [9.17, 15) is 4.79 Å². The molecule has 1 saturated heterocycles. The van der Waals surface area contributed by atoms with Gasteiger partial charge in [0, 0.05) is 45.1 Å². The lowest BCUT2D eigenvalue weighted by Gasteiger charge is -2.32. The summed E-state index contributed by atoms with van der Waals surface area (Å²) in [6.45, 7) is 5.20. The van der Waals surface area contributed by atoms with Gasteiger partial charge in [-0.05, 0) is 25.8 Å². The molecule has 1 aliphatic heterocycles. The number of amides is 1. The predicted molar refractivity (Wildman–Crippen MR) is 88.3 cm³/mol. The summed E-state index contributed by atoms with van der Waals surface area (Å²) in [5, 5.41) is 10.9. The molecule has 8 heteroatoms. The van der Waals surface area contributed by atoms with Crippen LogP contribution in [0.5, 0.6) is 0 Å². The van der Waals surface area contributed by atoms with Crippen LogP contribution in [0.1, 0.15) is 19.8 Å². The van der Waals surface area contributed by atoms with Gasteiger partial charge in [-0.3, -0.25) is 9.67 Å². The number of aliphatic imine (C=N–C) groups is 1. The van der Waals surface area contributed by atoms with Crippen molar-refractivity contribution in [2.75, 3.05) is 33.3 Å². The minimum absolute atomic E-state index is 0.215. The molecule has 128 valence electrons. The number of carbonyl (C=O) groups excluding carboxylic acids is 1. The van der Waals surface area contributed by atoms with Crippen molar-refractivity contribution in [2.45, 2.75) is 32.4 Å². The lowest BCUT2D eigenvalue weighted by Crippen LogP contribution is -2.50. The Morgan fingerprint density at radius 3 is 2.83 bits per heavy atom. The number of carbonyl (C=O) groups is 1. The van der Waals surface area contributed by atoms with Crippen LogP contribution in [0.3, 0.4) is 0 Å². The maximum Gasteiger partial charge on any atom is 0.409 e. The molecule has 2 rings (SSSR count). The fourth-order valence-corrected chi connectivity index (χ4v) is 2.53. The van der Waals surface area contributed by atoms with Gasteiger partial charge in [0.05, 0.1) is 13.2 Å². The molecule has 0 atom stereocenters. The third kappa shape index (κ3) is 5.46. The third-order valence-corrected chi connectivity index (χ3v) is 3.78. The van der Waals surface area contributed by atoms with Crippen molar-refractivity contribution in [3.63, 3.8) is 0 Å². The first-order valence-corrected chi connectivity index (χ1v) is 8.09. The van der Waals surface area contributed by atoms with Gasteiger partial charge in [-0.1, -0.05) is 0 Å². The highest BCUT2D eigenvalue weighted by atomic mass is 16.6. The average molecular weight is 322 g/mol. The van der Waals surface area contributed by atoms with Gasteiger partial charge in [0.1, 0.15) is 0 Å². The van der Waals surface area contributed by atoms with Gasteiger partial charge in [-0.25, -0.2) is 4.79 Å². The second-order valence-corrected chi connectivity index (χ2v) is 5.37. The van der Waals surface area contributed by atoms with Gasteiger partial charge in [0.15, 0.2) is 5.96 Å². The predicted octanol–water partition coefficient (Wildman–Crippen LogP) is 0.669. The van der Waals surface area contributed by atoms with Crippen LogP contribution in [0.2, 0.25) is 0 Å². The topological polar surface area (TPSA) is 83.8 Å². The molecule has 0 unspecified atom stereocenters. The van der Waals surface area contributed by atoms with Gasteiger partial charge in [-0.15, -0.1) is 0 Å². The number of hydrogen-bond acceptors (Lipinski definition) is 4. The van der Waals surface area contributed by atoms with E-state index in [0.29, 0.717) is 25.7 Å². The molecule has 8 nitrogen and oxygen atoms in total. The van der Waals surface area contributed by atoms with Crippen molar-refractivity contribution >= 4 is 12.1 Å². The van der Waals surface area contributed by atoms with E-state index in [1.165, 1.54) is 0 Å². The molecular formula is C15H26N6O2. The molecule has 0 spiro atoms. The molecule has 1 fully saturated rings. The summed E-state index contributed by atoms with van der Waals surface area (Å²) < 4.78 is 6.90. The van der Waals surface area contributed by atoms with Crippen LogP contribution in [0.25, 0.3) is 0 Å². The van der Waals surface area contributed by atoms with Crippen molar-refractivity contribution in [1.82, 2.24) is 25.3 Å². The molecule has 1 amide bonds. The van der Waals surface area contributed by atoms with Crippen LogP contribution >= 0.6 is 0 Å². The fourth-order valence-electron chi connectivity index (χ4n) is 2.53. The van der Waals surface area contributed by atoms with Crippen LogP contribution in [-0.4, -0.2) is 66.1 Å². The van der Waals surface area contributed by atoms with Gasteiger partial charge in [0.25, 0.3) is 0 Å². The highest BCUT2D eigenvalue weighted by molar-refractivity contribution is 5.80. The fraction of sp³-hybridized carbons (Fsp3) is 0.667. The second kappa shape index (κ2) is 9.02. The largest absolute Gasteiger partial charge is 0.450 e. The monoisotopic (exact) mass is 322 g/mol. The Kier molecular flexibility index (Phi) is 6.71. The van der Waals surface area contributed by atoms with E-state index in [1.807, 2.05) is 23.9 Å². The Morgan fingerprint density at radius 2 is 2.22 bits per heavy atom. The number of nitrogens with one attached hydrogen (secondary N) is 2. The Hall–Kier alpha value is -2.25. The summed E-state index contributed by atoms with van der Waals surface area (Å²) in [5.74, 6) is 0.784. The minimum Gasteiger partial charge on any atom is -0.450 e. The summed E-state index contributed by atoms with van der Waals surface area (Å²) >= 11 is 0. The molecule has 1 aromatic heterocycles. The first-order chi connectivity index (χ1) is 11.2. The Labute approximate surface area is 136 Å².